The van der Waals surface area contributed by atoms with E-state index in [4.69, 9.17) is 0 Å². The standard InChI is InChI=1S/C16H20N2O2S/c19-14-13(12-3-4-12)17-15(20)16(6-1-2-7-16)18(14)9-11-5-8-21-10-11/h5,8,10,12-13H,1-4,6-7,9H2,(H,17,20). The van der Waals surface area contributed by atoms with Crippen LogP contribution in [0.1, 0.15) is 44.1 Å². The van der Waals surface area contributed by atoms with Crippen molar-refractivity contribution >= 4 is 23.2 Å². The van der Waals surface area contributed by atoms with E-state index in [1.165, 1.54) is 0 Å². The monoisotopic (exact) mass is 304 g/mol. The summed E-state index contributed by atoms with van der Waals surface area (Å²) in [5.41, 5.74) is 0.564. The van der Waals surface area contributed by atoms with Gasteiger partial charge in [-0.25, -0.2) is 0 Å². The van der Waals surface area contributed by atoms with Gasteiger partial charge < -0.3 is 10.2 Å². The summed E-state index contributed by atoms with van der Waals surface area (Å²) in [6.07, 6.45) is 5.83. The fourth-order valence-corrected chi connectivity index (χ4v) is 4.50. The van der Waals surface area contributed by atoms with Crippen LogP contribution in [0.3, 0.4) is 0 Å². The molecular weight excluding hydrogens is 284 g/mol. The van der Waals surface area contributed by atoms with E-state index in [0.29, 0.717) is 12.5 Å². The Morgan fingerprint density at radius 1 is 1.29 bits per heavy atom. The van der Waals surface area contributed by atoms with E-state index < -0.39 is 5.54 Å². The normalized spacial score (nSPS) is 28.2. The predicted molar refractivity (Wildman–Crippen MR) is 80.7 cm³/mol. The first kappa shape index (κ1) is 13.3. The third-order valence-electron chi connectivity index (χ3n) is 5.20. The summed E-state index contributed by atoms with van der Waals surface area (Å²) in [5.74, 6) is 0.599. The van der Waals surface area contributed by atoms with Crippen LogP contribution in [0.4, 0.5) is 0 Å². The Hall–Kier alpha value is -1.36. The molecule has 2 heterocycles. The fraction of sp³-hybridized carbons (Fsp3) is 0.625. The molecular formula is C16H20N2O2S. The second kappa shape index (κ2) is 4.83. The van der Waals surface area contributed by atoms with E-state index in [-0.39, 0.29) is 17.9 Å². The third kappa shape index (κ3) is 2.09. The van der Waals surface area contributed by atoms with Gasteiger partial charge in [-0.05, 0) is 54.0 Å². The van der Waals surface area contributed by atoms with Gasteiger partial charge in [-0.15, -0.1) is 0 Å². The van der Waals surface area contributed by atoms with E-state index in [2.05, 4.69) is 16.8 Å². The number of piperazine rings is 1. The van der Waals surface area contributed by atoms with Crippen molar-refractivity contribution in [2.75, 3.05) is 0 Å². The molecule has 1 saturated heterocycles. The Labute approximate surface area is 128 Å². The largest absolute Gasteiger partial charge is 0.342 e. The van der Waals surface area contributed by atoms with Crippen molar-refractivity contribution in [3.05, 3.63) is 22.4 Å². The maximum absolute atomic E-state index is 13.0. The van der Waals surface area contributed by atoms with Gasteiger partial charge in [0.05, 0.1) is 0 Å². The molecule has 1 aliphatic heterocycles. The van der Waals surface area contributed by atoms with Gasteiger partial charge in [0, 0.05) is 6.54 Å². The summed E-state index contributed by atoms with van der Waals surface area (Å²) in [6, 6.07) is 1.78. The molecule has 2 saturated carbocycles. The molecule has 3 fully saturated rings. The highest BCUT2D eigenvalue weighted by Crippen LogP contribution is 2.43. The first-order chi connectivity index (χ1) is 10.2. The molecule has 2 aliphatic carbocycles. The Balaban J connectivity index is 1.68. The molecule has 21 heavy (non-hydrogen) atoms. The number of thiophene rings is 1. The minimum atomic E-state index is -0.579. The molecule has 1 N–H and O–H groups in total. The van der Waals surface area contributed by atoms with Crippen molar-refractivity contribution in [3.8, 4) is 0 Å². The molecule has 1 aromatic heterocycles. The third-order valence-corrected chi connectivity index (χ3v) is 5.93. The summed E-state index contributed by atoms with van der Waals surface area (Å²) in [6.45, 7) is 0.582. The topological polar surface area (TPSA) is 49.4 Å². The van der Waals surface area contributed by atoms with Crippen LogP contribution < -0.4 is 5.32 Å². The Morgan fingerprint density at radius 2 is 2.05 bits per heavy atom. The minimum absolute atomic E-state index is 0.0896. The molecule has 4 nitrogen and oxygen atoms in total. The van der Waals surface area contributed by atoms with Crippen LogP contribution in [0.2, 0.25) is 0 Å². The molecule has 1 aromatic rings. The Kier molecular flexibility index (Phi) is 3.06. The quantitative estimate of drug-likeness (QED) is 0.931. The summed E-state index contributed by atoms with van der Waals surface area (Å²) in [5, 5.41) is 7.15. The van der Waals surface area contributed by atoms with Crippen molar-refractivity contribution < 1.29 is 9.59 Å². The lowest BCUT2D eigenvalue weighted by atomic mass is 9.88. The number of carbonyl (C=O) groups is 2. The number of nitrogens with one attached hydrogen (secondary N) is 1. The smallest absolute Gasteiger partial charge is 0.246 e. The summed E-state index contributed by atoms with van der Waals surface area (Å²) >= 11 is 1.64. The average Bonchev–Trinajstić information content (AvgIpc) is 2.99. The first-order valence-electron chi connectivity index (χ1n) is 7.84. The first-order valence-corrected chi connectivity index (χ1v) is 8.78. The average molecular weight is 304 g/mol. The molecule has 5 heteroatoms. The molecule has 1 atom stereocenters. The molecule has 1 unspecified atom stereocenters. The number of nitrogens with zero attached hydrogens (tertiary/aromatic N) is 1. The Morgan fingerprint density at radius 3 is 2.67 bits per heavy atom. The molecule has 112 valence electrons. The molecule has 0 radical (unpaired) electrons. The second-order valence-corrected chi connectivity index (χ2v) is 7.36. The van der Waals surface area contributed by atoms with Crippen molar-refractivity contribution in [1.29, 1.82) is 0 Å². The van der Waals surface area contributed by atoms with Gasteiger partial charge in [-0.3, -0.25) is 9.59 Å². The van der Waals surface area contributed by atoms with E-state index in [1.54, 1.807) is 11.3 Å². The lowest BCUT2D eigenvalue weighted by Crippen LogP contribution is -2.69. The van der Waals surface area contributed by atoms with Gasteiger partial charge >= 0.3 is 0 Å². The highest BCUT2D eigenvalue weighted by atomic mass is 32.1. The van der Waals surface area contributed by atoms with Gasteiger partial charge in [0.2, 0.25) is 11.8 Å². The number of rotatable bonds is 3. The van der Waals surface area contributed by atoms with E-state index in [0.717, 1.165) is 44.1 Å². The summed E-state index contributed by atoms with van der Waals surface area (Å²) in [7, 11) is 0. The van der Waals surface area contributed by atoms with Crippen molar-refractivity contribution in [2.24, 2.45) is 5.92 Å². The summed E-state index contributed by atoms with van der Waals surface area (Å²) in [4.78, 5) is 27.6. The van der Waals surface area contributed by atoms with Crippen LogP contribution in [0.25, 0.3) is 0 Å². The van der Waals surface area contributed by atoms with Gasteiger partial charge in [0.1, 0.15) is 11.6 Å². The molecule has 1 spiro atoms. The summed E-state index contributed by atoms with van der Waals surface area (Å²) < 4.78 is 0. The fourth-order valence-electron chi connectivity index (χ4n) is 3.84. The molecule has 3 aliphatic rings. The minimum Gasteiger partial charge on any atom is -0.342 e. The number of carbonyl (C=O) groups excluding carboxylic acids is 2. The maximum atomic E-state index is 13.0. The molecule has 4 rings (SSSR count). The van der Waals surface area contributed by atoms with Crippen LogP contribution >= 0.6 is 11.3 Å². The predicted octanol–water partition coefficient (Wildman–Crippen LogP) is 2.30. The van der Waals surface area contributed by atoms with E-state index in [9.17, 15) is 9.59 Å². The zero-order valence-electron chi connectivity index (χ0n) is 12.0. The van der Waals surface area contributed by atoms with Crippen molar-refractivity contribution in [3.63, 3.8) is 0 Å². The van der Waals surface area contributed by atoms with E-state index >= 15 is 0 Å². The number of amides is 2. The van der Waals surface area contributed by atoms with Crippen LogP contribution in [0, 0.1) is 5.92 Å². The van der Waals surface area contributed by atoms with Crippen LogP contribution in [-0.2, 0) is 16.1 Å². The van der Waals surface area contributed by atoms with Crippen molar-refractivity contribution in [2.45, 2.75) is 56.7 Å². The Bertz CT molecular complexity index is 559. The molecule has 2 amide bonds. The lowest BCUT2D eigenvalue weighted by molar-refractivity contribution is -0.158. The molecule has 0 bridgehead atoms. The van der Waals surface area contributed by atoms with Crippen LogP contribution in [-0.4, -0.2) is 28.3 Å². The highest BCUT2D eigenvalue weighted by molar-refractivity contribution is 7.07. The van der Waals surface area contributed by atoms with Gasteiger partial charge in [0.25, 0.3) is 0 Å². The zero-order chi connectivity index (χ0) is 14.4. The second-order valence-electron chi connectivity index (χ2n) is 6.58. The van der Waals surface area contributed by atoms with E-state index in [1.807, 2.05) is 10.3 Å². The van der Waals surface area contributed by atoms with Crippen molar-refractivity contribution in [1.82, 2.24) is 10.2 Å². The van der Waals surface area contributed by atoms with Gasteiger partial charge in [0.15, 0.2) is 0 Å². The van der Waals surface area contributed by atoms with Crippen LogP contribution in [0.15, 0.2) is 16.8 Å². The SMILES string of the molecule is O=C1C(C2CC2)NC(=O)C2(CCCC2)N1Cc1ccsc1. The molecule has 0 aromatic carbocycles. The number of hydrogen-bond acceptors (Lipinski definition) is 3. The van der Waals surface area contributed by atoms with Gasteiger partial charge in [-0.2, -0.15) is 11.3 Å². The van der Waals surface area contributed by atoms with Crippen LogP contribution in [0.5, 0.6) is 0 Å². The lowest BCUT2D eigenvalue weighted by Gasteiger charge is -2.46. The van der Waals surface area contributed by atoms with Gasteiger partial charge in [-0.1, -0.05) is 12.8 Å². The maximum Gasteiger partial charge on any atom is 0.246 e. The number of hydrogen-bond donors (Lipinski definition) is 1. The zero-order valence-corrected chi connectivity index (χ0v) is 12.8. The highest BCUT2D eigenvalue weighted by Gasteiger charge is 2.56.